The smallest absolute Gasteiger partial charge is 0.418 e. The lowest BCUT2D eigenvalue weighted by molar-refractivity contribution is -0.138. The van der Waals surface area contributed by atoms with Gasteiger partial charge in [-0.05, 0) is 43.7 Å². The molecule has 12 heteroatoms. The first-order valence-electron chi connectivity index (χ1n) is 11.4. The van der Waals surface area contributed by atoms with Crippen LogP contribution in [0.15, 0.2) is 70.6 Å². The molecule has 0 N–H and O–H groups in total. The van der Waals surface area contributed by atoms with Crippen LogP contribution in [-0.2, 0) is 17.5 Å². The summed E-state index contributed by atoms with van der Waals surface area (Å²) in [5, 5.41) is 0. The van der Waals surface area contributed by atoms with E-state index in [0.29, 0.717) is 37.0 Å². The lowest BCUT2D eigenvalue weighted by Gasteiger charge is -2.35. The fraction of sp³-hybridized carbons (Fsp3) is 0.320. The third-order valence-corrected chi connectivity index (χ3v) is 6.35. The summed E-state index contributed by atoms with van der Waals surface area (Å²) in [6.07, 6.45) is 0.361. The molecule has 4 heterocycles. The van der Waals surface area contributed by atoms with Crippen LogP contribution < -0.4 is 5.56 Å². The molecule has 1 fully saturated rings. The molecule has 3 aromatic heterocycles. The molecule has 1 aliphatic heterocycles. The molecule has 0 spiro atoms. The Morgan fingerprint density at radius 3 is 2.54 bits per heavy atom. The zero-order chi connectivity index (χ0) is 26.7. The number of aromatic nitrogens is 4. The number of fused-ring (bicyclic) bond motifs is 1. The van der Waals surface area contributed by atoms with E-state index in [1.54, 1.807) is 11.0 Å². The second-order valence-corrected chi connectivity index (χ2v) is 8.44. The van der Waals surface area contributed by atoms with Crippen molar-refractivity contribution in [2.24, 2.45) is 4.99 Å². The van der Waals surface area contributed by atoms with Crippen LogP contribution in [0.4, 0.5) is 17.6 Å². The first kappa shape index (κ1) is 26.0. The zero-order valence-electron chi connectivity index (χ0n) is 20.0. The molecule has 8 nitrogen and oxygen atoms in total. The van der Waals surface area contributed by atoms with E-state index in [0.717, 1.165) is 6.07 Å². The normalized spacial score (nSPS) is 15.4. The molecule has 0 radical (unpaired) electrons. The number of hydrogen-bond acceptors (Lipinski definition) is 7. The van der Waals surface area contributed by atoms with E-state index >= 15 is 0 Å². The van der Waals surface area contributed by atoms with E-state index in [9.17, 15) is 22.4 Å². The van der Waals surface area contributed by atoms with Gasteiger partial charge in [-0.15, -0.1) is 0 Å². The van der Waals surface area contributed by atoms with Crippen molar-refractivity contribution in [2.45, 2.75) is 31.5 Å². The van der Waals surface area contributed by atoms with Crippen LogP contribution in [0.5, 0.6) is 0 Å². The van der Waals surface area contributed by atoms with Gasteiger partial charge in [-0.2, -0.15) is 17.6 Å². The summed E-state index contributed by atoms with van der Waals surface area (Å²) >= 11 is 0. The van der Waals surface area contributed by atoms with Crippen molar-refractivity contribution in [1.29, 1.82) is 0 Å². The Labute approximate surface area is 209 Å². The van der Waals surface area contributed by atoms with Gasteiger partial charge in [-0.25, -0.2) is 9.98 Å². The van der Waals surface area contributed by atoms with Crippen LogP contribution in [0.25, 0.3) is 11.2 Å². The number of alkyl halides is 3. The SMILES string of the molecule is C=N/C(F)=C(\C(=C)OC)N1CCC(c2cc3nccnc3n(Cc3ncccc3C(F)(F)F)c2=O)CC1. The number of halogens is 4. The predicted molar refractivity (Wildman–Crippen MR) is 130 cm³/mol. The van der Waals surface area contributed by atoms with Crippen molar-refractivity contribution in [2.75, 3.05) is 20.2 Å². The van der Waals surface area contributed by atoms with Gasteiger partial charge in [0.15, 0.2) is 5.65 Å². The van der Waals surface area contributed by atoms with Gasteiger partial charge in [0.1, 0.15) is 17.0 Å². The number of pyridine rings is 2. The molecule has 0 saturated carbocycles. The van der Waals surface area contributed by atoms with Crippen molar-refractivity contribution < 1.29 is 22.3 Å². The van der Waals surface area contributed by atoms with E-state index in [2.05, 4.69) is 33.2 Å². The molecular formula is C25H24F4N6O2. The van der Waals surface area contributed by atoms with Gasteiger partial charge < -0.3 is 9.64 Å². The Balaban J connectivity index is 1.71. The molecule has 37 heavy (non-hydrogen) atoms. The second kappa shape index (κ2) is 10.5. The summed E-state index contributed by atoms with van der Waals surface area (Å²) in [4.78, 5) is 31.1. The molecule has 194 valence electrons. The summed E-state index contributed by atoms with van der Waals surface area (Å²) in [7, 11) is 1.37. The lowest BCUT2D eigenvalue weighted by atomic mass is 9.89. The van der Waals surface area contributed by atoms with Crippen LogP contribution in [0.3, 0.4) is 0 Å². The Bertz CT molecular complexity index is 1420. The molecule has 0 unspecified atom stereocenters. The highest BCUT2D eigenvalue weighted by atomic mass is 19.4. The number of likely N-dealkylation sites (tertiary alicyclic amines) is 1. The highest BCUT2D eigenvalue weighted by molar-refractivity contribution is 5.70. The summed E-state index contributed by atoms with van der Waals surface area (Å²) in [6.45, 7) is 7.24. The first-order chi connectivity index (χ1) is 17.7. The maximum Gasteiger partial charge on any atom is 0.418 e. The third kappa shape index (κ3) is 5.23. The molecule has 0 amide bonds. The number of aliphatic imine (C=N–C) groups is 1. The summed E-state index contributed by atoms with van der Waals surface area (Å²) in [5.41, 5.74) is -0.665. The monoisotopic (exact) mass is 516 g/mol. The van der Waals surface area contributed by atoms with Crippen molar-refractivity contribution in [3.8, 4) is 0 Å². The van der Waals surface area contributed by atoms with Crippen molar-refractivity contribution in [3.63, 3.8) is 0 Å². The van der Waals surface area contributed by atoms with Gasteiger partial charge in [0.25, 0.3) is 5.56 Å². The topological polar surface area (TPSA) is 85.5 Å². The molecule has 0 bridgehead atoms. The number of hydrogen-bond donors (Lipinski definition) is 0. The highest BCUT2D eigenvalue weighted by Crippen LogP contribution is 2.33. The van der Waals surface area contributed by atoms with Crippen molar-refractivity contribution in [1.82, 2.24) is 24.4 Å². The first-order valence-corrected chi connectivity index (χ1v) is 11.4. The van der Waals surface area contributed by atoms with E-state index in [4.69, 9.17) is 4.74 Å². The molecule has 4 rings (SSSR count). The molecule has 0 atom stereocenters. The van der Waals surface area contributed by atoms with E-state index in [1.165, 1.54) is 36.3 Å². The lowest BCUT2D eigenvalue weighted by Crippen LogP contribution is -2.36. The molecule has 1 aliphatic rings. The van der Waals surface area contributed by atoms with Crippen LogP contribution in [0.2, 0.25) is 0 Å². The minimum absolute atomic E-state index is 0.0903. The number of ether oxygens (including phenoxy) is 1. The number of methoxy groups -OCH3 is 1. The number of nitrogens with zero attached hydrogens (tertiary/aromatic N) is 6. The Morgan fingerprint density at radius 1 is 1.19 bits per heavy atom. The van der Waals surface area contributed by atoms with Crippen molar-refractivity contribution >= 4 is 17.9 Å². The fourth-order valence-corrected chi connectivity index (χ4v) is 4.53. The number of piperidine rings is 1. The maximum atomic E-state index is 14.4. The highest BCUT2D eigenvalue weighted by Gasteiger charge is 2.34. The molecule has 0 aromatic carbocycles. The molecule has 0 aliphatic carbocycles. The van der Waals surface area contributed by atoms with E-state index in [-0.39, 0.29) is 28.7 Å². The van der Waals surface area contributed by atoms with Crippen LogP contribution >= 0.6 is 0 Å². The number of rotatable bonds is 7. The fourth-order valence-electron chi connectivity index (χ4n) is 4.53. The molecule has 1 saturated heterocycles. The van der Waals surface area contributed by atoms with E-state index in [1.807, 2.05) is 0 Å². The largest absolute Gasteiger partial charge is 0.495 e. The van der Waals surface area contributed by atoms with Gasteiger partial charge >= 0.3 is 6.18 Å². The summed E-state index contributed by atoms with van der Waals surface area (Å²) in [6, 6.07) is 3.75. The standard InChI is InChI=1S/C25H24F4N6O2/c1-15(37-3)21(22(26)30-2)34-11-6-16(7-12-34)17-13-19-23(33-10-9-32-19)35(24(17)36)14-20-18(25(27,28)29)5-4-8-31-20/h4-5,8-10,13,16H,1-2,6-7,11-12,14H2,3H3/b22-21+. The predicted octanol–water partition coefficient (Wildman–Crippen LogP) is 4.43. The van der Waals surface area contributed by atoms with Gasteiger partial charge in [0.05, 0.1) is 24.9 Å². The van der Waals surface area contributed by atoms with Crippen molar-refractivity contribution in [3.05, 3.63) is 88.0 Å². The zero-order valence-corrected chi connectivity index (χ0v) is 20.0. The Hall–Kier alpha value is -4.09. The summed E-state index contributed by atoms with van der Waals surface area (Å²) < 4.78 is 61.4. The average Bonchev–Trinajstić information content (AvgIpc) is 2.90. The second-order valence-electron chi connectivity index (χ2n) is 8.44. The van der Waals surface area contributed by atoms with Crippen LogP contribution in [0.1, 0.15) is 35.6 Å². The Kier molecular flexibility index (Phi) is 7.37. The third-order valence-electron chi connectivity index (χ3n) is 6.35. The van der Waals surface area contributed by atoms with Gasteiger partial charge in [-0.3, -0.25) is 19.3 Å². The summed E-state index contributed by atoms with van der Waals surface area (Å²) in [5.74, 6) is -0.962. The van der Waals surface area contributed by atoms with Gasteiger partial charge in [0.2, 0.25) is 5.95 Å². The van der Waals surface area contributed by atoms with Crippen LogP contribution in [-0.4, -0.2) is 51.3 Å². The van der Waals surface area contributed by atoms with Gasteiger partial charge in [-0.1, -0.05) is 6.58 Å². The minimum Gasteiger partial charge on any atom is -0.495 e. The minimum atomic E-state index is -4.63. The molecular weight excluding hydrogens is 492 g/mol. The average molecular weight is 516 g/mol. The Morgan fingerprint density at radius 2 is 1.89 bits per heavy atom. The van der Waals surface area contributed by atoms with E-state index < -0.39 is 29.8 Å². The maximum absolute atomic E-state index is 14.4. The molecule has 3 aromatic rings. The van der Waals surface area contributed by atoms with Crippen LogP contribution in [0, 0.1) is 0 Å². The quantitative estimate of drug-likeness (QED) is 0.152. The van der Waals surface area contributed by atoms with Gasteiger partial charge in [0, 0.05) is 37.2 Å².